The number of nitrogens with two attached hydrogens (primary N) is 1. The van der Waals surface area contributed by atoms with E-state index in [2.05, 4.69) is 62.6 Å². The Balaban J connectivity index is 1.43. The quantitative estimate of drug-likeness (QED) is 0.371. The second-order valence-electron chi connectivity index (χ2n) is 9.43. The molecular formula is C29H23N7. The predicted octanol–water partition coefficient (Wildman–Crippen LogP) is 5.41. The third-order valence-electron chi connectivity index (χ3n) is 7.25. The SMILES string of the molecule is NC1(c2ccc(-c3nc4ccn5c(-c6cncnc6)nnc5c4cc3-c3ccccc3)cc2)CCC1. The Labute approximate surface area is 207 Å². The molecule has 1 saturated carbocycles. The van der Waals surface area contributed by atoms with E-state index in [1.165, 1.54) is 18.3 Å². The van der Waals surface area contributed by atoms with Crippen LogP contribution in [-0.4, -0.2) is 29.5 Å². The minimum absolute atomic E-state index is 0.182. The van der Waals surface area contributed by atoms with Gasteiger partial charge in [0.2, 0.25) is 0 Å². The Kier molecular flexibility index (Phi) is 4.65. The summed E-state index contributed by atoms with van der Waals surface area (Å²) < 4.78 is 1.96. The van der Waals surface area contributed by atoms with Gasteiger partial charge in [-0.15, -0.1) is 10.2 Å². The molecule has 0 amide bonds. The first-order chi connectivity index (χ1) is 17.7. The molecule has 174 valence electrons. The van der Waals surface area contributed by atoms with Crippen LogP contribution >= 0.6 is 0 Å². The summed E-state index contributed by atoms with van der Waals surface area (Å²) >= 11 is 0. The zero-order valence-corrected chi connectivity index (χ0v) is 19.5. The van der Waals surface area contributed by atoms with Crippen LogP contribution in [0, 0.1) is 0 Å². The highest BCUT2D eigenvalue weighted by Gasteiger charge is 2.34. The van der Waals surface area contributed by atoms with E-state index >= 15 is 0 Å². The Morgan fingerprint density at radius 1 is 0.806 bits per heavy atom. The molecule has 6 aromatic rings. The van der Waals surface area contributed by atoms with E-state index in [1.54, 1.807) is 12.4 Å². The van der Waals surface area contributed by atoms with Crippen LogP contribution in [0.15, 0.2) is 91.6 Å². The Bertz CT molecular complexity index is 1700. The van der Waals surface area contributed by atoms with Gasteiger partial charge in [0.15, 0.2) is 11.5 Å². The predicted molar refractivity (Wildman–Crippen MR) is 140 cm³/mol. The third kappa shape index (κ3) is 3.28. The molecular weight excluding hydrogens is 446 g/mol. The number of hydrogen-bond donors (Lipinski definition) is 1. The fourth-order valence-electron chi connectivity index (χ4n) is 5.07. The van der Waals surface area contributed by atoms with Gasteiger partial charge in [0.25, 0.3) is 0 Å². The minimum Gasteiger partial charge on any atom is -0.321 e. The average Bonchev–Trinajstić information content (AvgIpc) is 3.37. The highest BCUT2D eigenvalue weighted by molar-refractivity contribution is 5.98. The van der Waals surface area contributed by atoms with Crippen LogP contribution in [-0.2, 0) is 5.54 Å². The highest BCUT2D eigenvalue weighted by atomic mass is 15.2. The largest absolute Gasteiger partial charge is 0.321 e. The summed E-state index contributed by atoms with van der Waals surface area (Å²) in [4.78, 5) is 13.4. The van der Waals surface area contributed by atoms with Crippen molar-refractivity contribution in [1.82, 2.24) is 29.5 Å². The van der Waals surface area contributed by atoms with Gasteiger partial charge in [-0.05, 0) is 42.5 Å². The van der Waals surface area contributed by atoms with Crippen LogP contribution in [0.1, 0.15) is 24.8 Å². The molecule has 7 rings (SSSR count). The molecule has 1 aliphatic carbocycles. The molecule has 7 nitrogen and oxygen atoms in total. The van der Waals surface area contributed by atoms with Gasteiger partial charge in [0.1, 0.15) is 6.33 Å². The van der Waals surface area contributed by atoms with E-state index in [1.807, 2.05) is 34.9 Å². The fraction of sp³-hybridized carbons (Fsp3) is 0.138. The molecule has 0 radical (unpaired) electrons. The summed E-state index contributed by atoms with van der Waals surface area (Å²) in [5, 5.41) is 9.89. The summed E-state index contributed by atoms with van der Waals surface area (Å²) in [7, 11) is 0. The van der Waals surface area contributed by atoms with Crippen LogP contribution in [0.4, 0.5) is 0 Å². The zero-order chi connectivity index (χ0) is 24.1. The van der Waals surface area contributed by atoms with E-state index < -0.39 is 0 Å². The smallest absolute Gasteiger partial charge is 0.171 e. The number of fused-ring (bicyclic) bond motifs is 3. The van der Waals surface area contributed by atoms with E-state index in [9.17, 15) is 0 Å². The zero-order valence-electron chi connectivity index (χ0n) is 19.5. The molecule has 4 heterocycles. The van der Waals surface area contributed by atoms with Gasteiger partial charge in [0.05, 0.1) is 16.8 Å². The number of benzene rings is 2. The van der Waals surface area contributed by atoms with E-state index in [0.717, 1.165) is 57.3 Å². The van der Waals surface area contributed by atoms with E-state index in [0.29, 0.717) is 5.82 Å². The summed E-state index contributed by atoms with van der Waals surface area (Å²) in [6.45, 7) is 0. The molecule has 1 fully saturated rings. The van der Waals surface area contributed by atoms with Crippen LogP contribution in [0.2, 0.25) is 0 Å². The molecule has 4 aromatic heterocycles. The molecule has 0 bridgehead atoms. The Morgan fingerprint density at radius 2 is 1.58 bits per heavy atom. The number of rotatable bonds is 4. The van der Waals surface area contributed by atoms with Crippen LogP contribution in [0.25, 0.3) is 50.3 Å². The van der Waals surface area contributed by atoms with E-state index in [4.69, 9.17) is 10.7 Å². The van der Waals surface area contributed by atoms with Gasteiger partial charge in [-0.25, -0.2) is 15.0 Å². The molecule has 0 unspecified atom stereocenters. The van der Waals surface area contributed by atoms with Crippen LogP contribution in [0.3, 0.4) is 0 Å². The van der Waals surface area contributed by atoms with Crippen molar-refractivity contribution in [2.45, 2.75) is 24.8 Å². The van der Waals surface area contributed by atoms with Gasteiger partial charge in [-0.2, -0.15) is 0 Å². The standard InChI is InChI=1S/C29H23N7/c30-29(12-4-13-29)22-9-7-20(8-10-22)26-23(19-5-2-1-3-6-19)15-24-25(33-26)11-14-36-27(34-35-28(24)36)21-16-31-18-32-17-21/h1-3,5-11,14-18H,4,12-13,30H2. The maximum atomic E-state index is 6.57. The second kappa shape index (κ2) is 8.03. The van der Waals surface area contributed by atoms with Crippen molar-refractivity contribution in [1.29, 1.82) is 0 Å². The molecule has 2 aromatic carbocycles. The minimum atomic E-state index is -0.182. The average molecular weight is 470 g/mol. The van der Waals surface area contributed by atoms with Gasteiger partial charge in [0, 0.05) is 40.6 Å². The highest BCUT2D eigenvalue weighted by Crippen LogP contribution is 2.40. The van der Waals surface area contributed by atoms with Gasteiger partial charge in [-0.3, -0.25) is 4.40 Å². The first kappa shape index (κ1) is 20.8. The van der Waals surface area contributed by atoms with Crippen LogP contribution in [0.5, 0.6) is 0 Å². The maximum Gasteiger partial charge on any atom is 0.171 e. The summed E-state index contributed by atoms with van der Waals surface area (Å²) in [5.41, 5.74) is 14.1. The molecule has 0 spiro atoms. The summed E-state index contributed by atoms with van der Waals surface area (Å²) in [5.74, 6) is 0.695. The van der Waals surface area contributed by atoms with E-state index in [-0.39, 0.29) is 5.54 Å². The fourth-order valence-corrected chi connectivity index (χ4v) is 5.07. The van der Waals surface area contributed by atoms with Gasteiger partial charge < -0.3 is 5.73 Å². The van der Waals surface area contributed by atoms with Crippen molar-refractivity contribution in [3.8, 4) is 33.8 Å². The number of nitrogens with zero attached hydrogens (tertiary/aromatic N) is 6. The first-order valence-corrected chi connectivity index (χ1v) is 12.1. The normalized spacial score (nSPS) is 14.7. The first-order valence-electron chi connectivity index (χ1n) is 12.1. The molecule has 2 N–H and O–H groups in total. The van der Waals surface area contributed by atoms with Crippen molar-refractivity contribution < 1.29 is 0 Å². The number of aromatic nitrogens is 6. The lowest BCUT2D eigenvalue weighted by Crippen LogP contribution is -2.43. The lowest BCUT2D eigenvalue weighted by Gasteiger charge is -2.38. The molecule has 0 aliphatic heterocycles. The molecule has 1 aliphatic rings. The lowest BCUT2D eigenvalue weighted by molar-refractivity contribution is 0.253. The monoisotopic (exact) mass is 469 g/mol. The molecule has 36 heavy (non-hydrogen) atoms. The molecule has 7 heteroatoms. The van der Waals surface area contributed by atoms with Crippen molar-refractivity contribution in [2.75, 3.05) is 0 Å². The van der Waals surface area contributed by atoms with Gasteiger partial charge in [-0.1, -0.05) is 54.6 Å². The molecule has 0 atom stereocenters. The summed E-state index contributed by atoms with van der Waals surface area (Å²) in [6, 6.07) is 23.1. The third-order valence-corrected chi connectivity index (χ3v) is 7.25. The second-order valence-corrected chi connectivity index (χ2v) is 9.43. The lowest BCUT2D eigenvalue weighted by atomic mass is 9.72. The Morgan fingerprint density at radius 3 is 2.31 bits per heavy atom. The number of hydrogen-bond acceptors (Lipinski definition) is 6. The van der Waals surface area contributed by atoms with Crippen LogP contribution < -0.4 is 5.73 Å². The molecule has 0 saturated heterocycles. The summed E-state index contributed by atoms with van der Waals surface area (Å²) in [6.07, 6.45) is 10.2. The van der Waals surface area contributed by atoms with Crippen molar-refractivity contribution in [3.63, 3.8) is 0 Å². The Hall–Kier alpha value is -4.49. The van der Waals surface area contributed by atoms with Crippen molar-refractivity contribution in [3.05, 3.63) is 97.2 Å². The number of pyridine rings is 2. The van der Waals surface area contributed by atoms with Crippen molar-refractivity contribution >= 4 is 16.6 Å². The van der Waals surface area contributed by atoms with Crippen molar-refractivity contribution in [2.24, 2.45) is 5.73 Å². The topological polar surface area (TPSA) is 94.9 Å². The maximum absolute atomic E-state index is 6.57. The van der Waals surface area contributed by atoms with Gasteiger partial charge >= 0.3 is 0 Å².